The Morgan fingerprint density at radius 2 is 1.74 bits per heavy atom. The first kappa shape index (κ1) is 18.5. The van der Waals surface area contributed by atoms with Crippen LogP contribution in [0.25, 0.3) is 22.4 Å². The van der Waals surface area contributed by atoms with Crippen LogP contribution < -0.4 is 0 Å². The first-order chi connectivity index (χ1) is 12.7. The van der Waals surface area contributed by atoms with Crippen molar-refractivity contribution in [3.8, 4) is 34.2 Å². The highest BCUT2D eigenvalue weighted by Gasteiger charge is 2.31. The SMILES string of the molecule is Cc1cc(-c2cc(-c3cccc(O)c3)nc(C)c2C#N)cc(C(F)(F)F)c1. The van der Waals surface area contributed by atoms with E-state index in [1.165, 1.54) is 12.1 Å². The fourth-order valence-electron chi connectivity index (χ4n) is 2.96. The molecule has 0 spiro atoms. The number of hydrogen-bond acceptors (Lipinski definition) is 3. The van der Waals surface area contributed by atoms with Gasteiger partial charge >= 0.3 is 6.18 Å². The second-order valence-corrected chi connectivity index (χ2v) is 6.26. The summed E-state index contributed by atoms with van der Waals surface area (Å²) >= 11 is 0. The van der Waals surface area contributed by atoms with Crippen molar-refractivity contribution in [1.82, 2.24) is 4.98 Å². The third kappa shape index (κ3) is 3.77. The van der Waals surface area contributed by atoms with Gasteiger partial charge < -0.3 is 5.11 Å². The lowest BCUT2D eigenvalue weighted by Gasteiger charge is -2.14. The molecule has 0 atom stereocenters. The highest BCUT2D eigenvalue weighted by atomic mass is 19.4. The van der Waals surface area contributed by atoms with Gasteiger partial charge in [0.25, 0.3) is 0 Å². The minimum atomic E-state index is -4.48. The molecule has 0 aliphatic rings. The Hall–Kier alpha value is -3.33. The molecule has 3 rings (SSSR count). The highest BCUT2D eigenvalue weighted by Crippen LogP contribution is 2.36. The zero-order chi connectivity index (χ0) is 19.8. The van der Waals surface area contributed by atoms with E-state index in [2.05, 4.69) is 4.98 Å². The highest BCUT2D eigenvalue weighted by molar-refractivity contribution is 5.77. The lowest BCUT2D eigenvalue weighted by Crippen LogP contribution is -2.06. The van der Waals surface area contributed by atoms with Crippen molar-refractivity contribution in [2.45, 2.75) is 20.0 Å². The first-order valence-corrected chi connectivity index (χ1v) is 8.09. The number of nitriles is 1. The summed E-state index contributed by atoms with van der Waals surface area (Å²) in [6.07, 6.45) is -4.48. The Kier molecular flexibility index (Phi) is 4.63. The molecule has 6 heteroatoms. The van der Waals surface area contributed by atoms with Crippen molar-refractivity contribution in [3.63, 3.8) is 0 Å². The minimum Gasteiger partial charge on any atom is -0.508 e. The largest absolute Gasteiger partial charge is 0.508 e. The molecule has 3 aromatic rings. The van der Waals surface area contributed by atoms with Gasteiger partial charge in [0, 0.05) is 11.1 Å². The van der Waals surface area contributed by atoms with Crippen LogP contribution >= 0.6 is 0 Å². The van der Waals surface area contributed by atoms with E-state index in [9.17, 15) is 23.5 Å². The molecule has 136 valence electrons. The van der Waals surface area contributed by atoms with Crippen molar-refractivity contribution in [2.24, 2.45) is 0 Å². The smallest absolute Gasteiger partial charge is 0.416 e. The molecule has 1 heterocycles. The maximum absolute atomic E-state index is 13.2. The summed E-state index contributed by atoms with van der Waals surface area (Å²) in [7, 11) is 0. The second kappa shape index (κ2) is 6.76. The predicted molar refractivity (Wildman–Crippen MR) is 96.0 cm³/mol. The van der Waals surface area contributed by atoms with Crippen LogP contribution in [-0.4, -0.2) is 10.1 Å². The molecule has 2 aromatic carbocycles. The minimum absolute atomic E-state index is 0.0489. The Labute approximate surface area is 154 Å². The molecule has 0 fully saturated rings. The first-order valence-electron chi connectivity index (χ1n) is 8.09. The number of aromatic hydroxyl groups is 1. The summed E-state index contributed by atoms with van der Waals surface area (Å²) in [5.74, 6) is 0.0489. The van der Waals surface area contributed by atoms with Crippen molar-refractivity contribution in [1.29, 1.82) is 5.26 Å². The van der Waals surface area contributed by atoms with Gasteiger partial charge in [0.2, 0.25) is 0 Å². The molecule has 0 bridgehead atoms. The van der Waals surface area contributed by atoms with Crippen LogP contribution in [0, 0.1) is 25.2 Å². The molecule has 0 unspecified atom stereocenters. The van der Waals surface area contributed by atoms with Crippen molar-refractivity contribution < 1.29 is 18.3 Å². The normalized spacial score (nSPS) is 11.3. The number of nitrogens with zero attached hydrogens (tertiary/aromatic N) is 2. The van der Waals surface area contributed by atoms with Gasteiger partial charge in [-0.2, -0.15) is 18.4 Å². The van der Waals surface area contributed by atoms with E-state index < -0.39 is 11.7 Å². The third-order valence-electron chi connectivity index (χ3n) is 4.17. The molecule has 1 aromatic heterocycles. The van der Waals surface area contributed by atoms with E-state index in [1.54, 1.807) is 38.1 Å². The number of aromatic nitrogens is 1. The van der Waals surface area contributed by atoms with E-state index in [-0.39, 0.29) is 11.3 Å². The maximum Gasteiger partial charge on any atom is 0.416 e. The molecule has 0 radical (unpaired) electrons. The lowest BCUT2D eigenvalue weighted by atomic mass is 9.94. The lowest BCUT2D eigenvalue weighted by molar-refractivity contribution is -0.137. The molecule has 1 N–H and O–H groups in total. The summed E-state index contributed by atoms with van der Waals surface area (Å²) in [5.41, 5.74) is 2.04. The monoisotopic (exact) mass is 368 g/mol. The zero-order valence-corrected chi connectivity index (χ0v) is 14.6. The number of phenols is 1. The Balaban J connectivity index is 2.27. The van der Waals surface area contributed by atoms with Gasteiger partial charge in [0.05, 0.1) is 22.5 Å². The van der Waals surface area contributed by atoms with E-state index in [1.807, 2.05) is 6.07 Å². The molecule has 0 aliphatic carbocycles. The number of benzene rings is 2. The number of hydrogen-bond donors (Lipinski definition) is 1. The average Bonchev–Trinajstić information content (AvgIpc) is 2.59. The fourth-order valence-corrected chi connectivity index (χ4v) is 2.96. The molecule has 0 amide bonds. The Morgan fingerprint density at radius 3 is 2.37 bits per heavy atom. The number of pyridine rings is 1. The molecular weight excluding hydrogens is 353 g/mol. The standard InChI is InChI=1S/C21H15F3N2O/c1-12-6-15(8-16(7-12)21(22,23)24)18-10-20(26-13(2)19(18)11-25)14-4-3-5-17(27)9-14/h3-10,27H,1-2H3. The third-order valence-corrected chi connectivity index (χ3v) is 4.17. The number of halogens is 3. The van der Waals surface area contributed by atoms with Crippen molar-refractivity contribution >= 4 is 0 Å². The van der Waals surface area contributed by atoms with Crippen LogP contribution in [0.2, 0.25) is 0 Å². The van der Waals surface area contributed by atoms with Crippen LogP contribution in [0.5, 0.6) is 5.75 Å². The number of rotatable bonds is 2. The second-order valence-electron chi connectivity index (χ2n) is 6.26. The maximum atomic E-state index is 13.2. The summed E-state index contributed by atoms with van der Waals surface area (Å²) < 4.78 is 39.6. The van der Waals surface area contributed by atoms with E-state index in [0.29, 0.717) is 33.6 Å². The summed E-state index contributed by atoms with van der Waals surface area (Å²) in [5, 5.41) is 19.2. The van der Waals surface area contributed by atoms with E-state index in [0.717, 1.165) is 12.1 Å². The topological polar surface area (TPSA) is 56.9 Å². The van der Waals surface area contributed by atoms with Gasteiger partial charge in [0.1, 0.15) is 11.8 Å². The summed E-state index contributed by atoms with van der Waals surface area (Å²) in [6, 6.07) is 13.7. The van der Waals surface area contributed by atoms with Gasteiger partial charge in [0.15, 0.2) is 0 Å². The van der Waals surface area contributed by atoms with E-state index in [4.69, 9.17) is 0 Å². The Bertz CT molecular complexity index is 1070. The number of aryl methyl sites for hydroxylation is 2. The van der Waals surface area contributed by atoms with Gasteiger partial charge in [-0.15, -0.1) is 0 Å². The summed E-state index contributed by atoms with van der Waals surface area (Å²) in [4.78, 5) is 4.38. The fraction of sp³-hybridized carbons (Fsp3) is 0.143. The van der Waals surface area contributed by atoms with Gasteiger partial charge in [-0.3, -0.25) is 4.98 Å². The van der Waals surface area contributed by atoms with Crippen LogP contribution in [0.3, 0.4) is 0 Å². The van der Waals surface area contributed by atoms with Crippen molar-refractivity contribution in [3.05, 3.63) is 70.9 Å². The van der Waals surface area contributed by atoms with Crippen LogP contribution in [0.15, 0.2) is 48.5 Å². The number of alkyl halides is 3. The van der Waals surface area contributed by atoms with Crippen molar-refractivity contribution in [2.75, 3.05) is 0 Å². The van der Waals surface area contributed by atoms with Gasteiger partial charge in [-0.1, -0.05) is 18.2 Å². The average molecular weight is 368 g/mol. The molecule has 0 aliphatic heterocycles. The predicted octanol–water partition coefficient (Wildman–Crippen LogP) is 5.63. The van der Waals surface area contributed by atoms with Crippen LogP contribution in [0.4, 0.5) is 13.2 Å². The summed E-state index contributed by atoms with van der Waals surface area (Å²) in [6.45, 7) is 3.21. The Morgan fingerprint density at radius 1 is 1.00 bits per heavy atom. The van der Waals surface area contributed by atoms with Crippen LogP contribution in [-0.2, 0) is 6.18 Å². The van der Waals surface area contributed by atoms with Gasteiger partial charge in [-0.05, 0) is 55.3 Å². The van der Waals surface area contributed by atoms with E-state index >= 15 is 0 Å². The molecule has 3 nitrogen and oxygen atoms in total. The molecular formula is C21H15F3N2O. The van der Waals surface area contributed by atoms with Gasteiger partial charge in [-0.25, -0.2) is 0 Å². The molecule has 27 heavy (non-hydrogen) atoms. The molecule has 0 saturated heterocycles. The zero-order valence-electron chi connectivity index (χ0n) is 14.6. The molecule has 0 saturated carbocycles. The van der Waals surface area contributed by atoms with Crippen LogP contribution in [0.1, 0.15) is 22.4 Å². The quantitative estimate of drug-likeness (QED) is 0.638. The number of phenolic OH excluding ortho intramolecular Hbond substituents is 1.